The van der Waals surface area contributed by atoms with Gasteiger partial charge in [0.2, 0.25) is 5.91 Å². The number of likely N-dealkylation sites (tertiary alicyclic amines) is 1. The van der Waals surface area contributed by atoms with Crippen LogP contribution >= 0.6 is 11.6 Å². The van der Waals surface area contributed by atoms with Gasteiger partial charge in [-0.3, -0.25) is 4.79 Å². The molecule has 1 amide bonds. The predicted molar refractivity (Wildman–Crippen MR) is 132 cm³/mol. The van der Waals surface area contributed by atoms with E-state index in [2.05, 4.69) is 27.9 Å². The Morgan fingerprint density at radius 2 is 2.06 bits per heavy atom. The highest BCUT2D eigenvalue weighted by Crippen LogP contribution is 2.48. The Kier molecular flexibility index (Phi) is 7.33. The molecule has 2 bridgehead atoms. The first-order valence-electron chi connectivity index (χ1n) is 12.4. The molecule has 0 spiro atoms. The molecule has 2 fully saturated rings. The molecule has 2 aliphatic rings. The SMILES string of the molecule is CCCC1CC2(C)CCCC(C2)N1C(=O)CC(C)c1c[nH]c2ccc(Cl)c(OS(=O)(=O)C(F)(F)F)c12. The Balaban J connectivity index is 1.64. The summed E-state index contributed by atoms with van der Waals surface area (Å²) in [5.41, 5.74) is -4.50. The highest BCUT2D eigenvalue weighted by atomic mass is 35.5. The highest BCUT2D eigenvalue weighted by Gasteiger charge is 2.49. The quantitative estimate of drug-likeness (QED) is 0.302. The number of fused-ring (bicyclic) bond motifs is 3. The molecule has 4 atom stereocenters. The maximum atomic E-state index is 13.7. The molecular weight excluding hydrogens is 517 g/mol. The molecule has 1 saturated heterocycles. The zero-order valence-electron chi connectivity index (χ0n) is 20.6. The number of nitrogens with zero attached hydrogens (tertiary/aromatic N) is 1. The zero-order valence-corrected chi connectivity index (χ0v) is 22.2. The molecule has 11 heteroatoms. The van der Waals surface area contributed by atoms with Crippen molar-refractivity contribution in [2.75, 3.05) is 0 Å². The fourth-order valence-corrected chi connectivity index (χ4v) is 6.93. The number of hydrogen-bond acceptors (Lipinski definition) is 4. The van der Waals surface area contributed by atoms with E-state index in [4.69, 9.17) is 11.6 Å². The molecule has 4 unspecified atom stereocenters. The van der Waals surface area contributed by atoms with E-state index < -0.39 is 27.3 Å². The lowest BCUT2D eigenvalue weighted by atomic mass is 9.65. The Morgan fingerprint density at radius 3 is 2.72 bits per heavy atom. The smallest absolute Gasteiger partial charge is 0.374 e. The molecule has 200 valence electrons. The molecule has 1 N–H and O–H groups in total. The molecular formula is C25H32ClF3N2O4S. The maximum Gasteiger partial charge on any atom is 0.534 e. The lowest BCUT2D eigenvalue weighted by Gasteiger charge is -2.53. The van der Waals surface area contributed by atoms with Gasteiger partial charge in [-0.2, -0.15) is 21.6 Å². The number of benzene rings is 1. The summed E-state index contributed by atoms with van der Waals surface area (Å²) in [5.74, 6) is -0.997. The van der Waals surface area contributed by atoms with Crippen LogP contribution in [0, 0.1) is 5.41 Å². The molecule has 1 saturated carbocycles. The number of alkyl halides is 3. The second-order valence-corrected chi connectivity index (χ2v) is 12.6. The van der Waals surface area contributed by atoms with Crippen LogP contribution in [0.2, 0.25) is 5.02 Å². The van der Waals surface area contributed by atoms with Gasteiger partial charge in [0.05, 0.1) is 5.02 Å². The van der Waals surface area contributed by atoms with Crippen molar-refractivity contribution in [2.45, 2.75) is 95.6 Å². The largest absolute Gasteiger partial charge is 0.534 e. The van der Waals surface area contributed by atoms with Gasteiger partial charge >= 0.3 is 15.6 Å². The number of carbonyl (C=O) groups excluding carboxylic acids is 1. The minimum atomic E-state index is -5.93. The van der Waals surface area contributed by atoms with E-state index in [1.807, 2.05) is 0 Å². The van der Waals surface area contributed by atoms with Crippen LogP contribution in [-0.4, -0.2) is 41.8 Å². The fourth-order valence-electron chi connectivity index (χ4n) is 6.20. The molecule has 36 heavy (non-hydrogen) atoms. The van der Waals surface area contributed by atoms with E-state index in [-0.39, 0.29) is 40.2 Å². The molecule has 1 aromatic carbocycles. The van der Waals surface area contributed by atoms with Gasteiger partial charge in [0, 0.05) is 35.6 Å². The van der Waals surface area contributed by atoms with Crippen molar-refractivity contribution < 1.29 is 30.6 Å². The number of nitrogens with one attached hydrogen (secondary N) is 1. The first-order chi connectivity index (χ1) is 16.8. The van der Waals surface area contributed by atoms with Gasteiger partial charge in [0.15, 0.2) is 5.75 Å². The third-order valence-corrected chi connectivity index (χ3v) is 8.99. The van der Waals surface area contributed by atoms with Crippen LogP contribution < -0.4 is 4.18 Å². The number of aromatic nitrogens is 1. The summed E-state index contributed by atoms with van der Waals surface area (Å²) < 4.78 is 67.1. The van der Waals surface area contributed by atoms with E-state index in [0.29, 0.717) is 11.1 Å². The first kappa shape index (κ1) is 27.1. The van der Waals surface area contributed by atoms with Crippen LogP contribution in [0.3, 0.4) is 0 Å². The van der Waals surface area contributed by atoms with Gasteiger partial charge in [-0.1, -0.05) is 45.2 Å². The van der Waals surface area contributed by atoms with Crippen LogP contribution in [0.1, 0.15) is 83.6 Å². The summed E-state index contributed by atoms with van der Waals surface area (Å²) >= 11 is 6.10. The summed E-state index contributed by atoms with van der Waals surface area (Å²) in [6, 6.07) is 3.17. The van der Waals surface area contributed by atoms with Crippen LogP contribution in [0.15, 0.2) is 18.3 Å². The van der Waals surface area contributed by atoms with Crippen LogP contribution in [0.25, 0.3) is 10.9 Å². The summed E-state index contributed by atoms with van der Waals surface area (Å²) in [5, 5.41) is -0.139. The van der Waals surface area contributed by atoms with Crippen LogP contribution in [0.4, 0.5) is 13.2 Å². The fraction of sp³-hybridized carbons (Fsp3) is 0.640. The van der Waals surface area contributed by atoms with Crippen molar-refractivity contribution in [3.8, 4) is 5.75 Å². The second-order valence-electron chi connectivity index (χ2n) is 10.6. The van der Waals surface area contributed by atoms with Crippen LogP contribution in [0.5, 0.6) is 5.75 Å². The highest BCUT2D eigenvalue weighted by molar-refractivity contribution is 7.88. The summed E-state index contributed by atoms with van der Waals surface area (Å²) in [4.78, 5) is 18.7. The van der Waals surface area contributed by atoms with Gasteiger partial charge in [0.25, 0.3) is 0 Å². The number of rotatable bonds is 7. The van der Waals surface area contributed by atoms with Crippen LogP contribution in [-0.2, 0) is 14.9 Å². The third kappa shape index (κ3) is 5.08. The minimum absolute atomic E-state index is 0.0108. The van der Waals surface area contributed by atoms with Gasteiger partial charge in [-0.25, -0.2) is 0 Å². The molecule has 0 radical (unpaired) electrons. The van der Waals surface area contributed by atoms with Crippen molar-refractivity contribution in [3.05, 3.63) is 28.9 Å². The average molecular weight is 549 g/mol. The minimum Gasteiger partial charge on any atom is -0.374 e. The molecule has 1 aliphatic heterocycles. The molecule has 1 aliphatic carbocycles. The number of halogens is 4. The van der Waals surface area contributed by atoms with Crippen molar-refractivity contribution in [1.82, 2.24) is 9.88 Å². The Morgan fingerprint density at radius 1 is 1.33 bits per heavy atom. The van der Waals surface area contributed by atoms with E-state index >= 15 is 0 Å². The summed E-state index contributed by atoms with van der Waals surface area (Å²) in [6.07, 6.45) is 8.84. The standard InChI is InChI=1S/C25H32ClF3N2O4S/c1-4-6-16-12-24(3)10-5-7-17(13-24)31(16)21(32)11-15(2)18-14-30-20-9-8-19(26)23(22(18)20)35-36(33,34)25(27,28)29/h8-9,14-17,30H,4-7,10-13H2,1-3H3. The number of piperidine rings is 1. The van der Waals surface area contributed by atoms with Crippen molar-refractivity contribution in [1.29, 1.82) is 0 Å². The molecule has 1 aromatic heterocycles. The number of aromatic amines is 1. The summed E-state index contributed by atoms with van der Waals surface area (Å²) in [6.45, 7) is 6.23. The topological polar surface area (TPSA) is 79.5 Å². The first-order valence-corrected chi connectivity index (χ1v) is 14.2. The van der Waals surface area contributed by atoms with Gasteiger partial charge in [0.1, 0.15) is 0 Å². The van der Waals surface area contributed by atoms with Crippen molar-refractivity contribution in [3.63, 3.8) is 0 Å². The Labute approximate surface area is 214 Å². The number of amides is 1. The lowest BCUT2D eigenvalue weighted by Crippen LogP contribution is -2.56. The van der Waals surface area contributed by atoms with Crippen molar-refractivity contribution >= 4 is 38.5 Å². The van der Waals surface area contributed by atoms with Gasteiger partial charge in [-0.15, -0.1) is 0 Å². The number of H-pyrrole nitrogens is 1. The third-order valence-electron chi connectivity index (χ3n) is 7.74. The van der Waals surface area contributed by atoms with Gasteiger partial charge in [-0.05, 0) is 61.1 Å². The Bertz CT molecular complexity index is 1250. The molecule has 4 rings (SSSR count). The molecule has 6 nitrogen and oxygen atoms in total. The average Bonchev–Trinajstić information content (AvgIpc) is 3.19. The zero-order chi connectivity index (χ0) is 26.5. The second kappa shape index (κ2) is 9.74. The maximum absolute atomic E-state index is 13.7. The number of hydrogen-bond donors (Lipinski definition) is 1. The lowest BCUT2D eigenvalue weighted by molar-refractivity contribution is -0.144. The van der Waals surface area contributed by atoms with E-state index in [0.717, 1.165) is 38.5 Å². The molecule has 2 aromatic rings. The number of carbonyl (C=O) groups is 1. The predicted octanol–water partition coefficient (Wildman–Crippen LogP) is 6.89. The van der Waals surface area contributed by atoms with E-state index in [1.165, 1.54) is 18.6 Å². The molecule has 2 heterocycles. The normalized spacial score (nSPS) is 25.7. The Hall–Kier alpha value is -1.94. The van der Waals surface area contributed by atoms with E-state index in [9.17, 15) is 26.4 Å². The van der Waals surface area contributed by atoms with Crippen molar-refractivity contribution in [2.24, 2.45) is 5.41 Å². The van der Waals surface area contributed by atoms with E-state index in [1.54, 1.807) is 13.1 Å². The monoisotopic (exact) mass is 548 g/mol. The van der Waals surface area contributed by atoms with Gasteiger partial charge < -0.3 is 14.1 Å². The summed E-state index contributed by atoms with van der Waals surface area (Å²) in [7, 11) is -5.93.